The molecule has 25 heavy (non-hydrogen) atoms. The zero-order valence-corrected chi connectivity index (χ0v) is 15.4. The Morgan fingerprint density at radius 3 is 2.72 bits per heavy atom. The van der Waals surface area contributed by atoms with E-state index in [4.69, 9.17) is 0 Å². The minimum Gasteiger partial charge on any atom is -0.351 e. The normalized spacial score (nSPS) is 15.1. The second-order valence-corrected chi connectivity index (χ2v) is 7.55. The van der Waals surface area contributed by atoms with Crippen LogP contribution < -0.4 is 5.32 Å². The highest BCUT2D eigenvalue weighted by Gasteiger charge is 2.17. The third kappa shape index (κ3) is 4.54. The molecule has 0 atom stereocenters. The average molecular weight is 356 g/mol. The highest BCUT2D eigenvalue weighted by Crippen LogP contribution is 2.28. The Balaban J connectivity index is 1.61. The lowest BCUT2D eigenvalue weighted by atomic mass is 9.87. The summed E-state index contributed by atoms with van der Waals surface area (Å²) in [4.78, 5) is 28.5. The Kier molecular flexibility index (Phi) is 5.97. The summed E-state index contributed by atoms with van der Waals surface area (Å²) >= 11 is 1.40. The molecule has 1 aromatic heterocycles. The molecule has 132 valence electrons. The number of hydrogen-bond donors (Lipinski definition) is 1. The number of benzene rings is 1. The van der Waals surface area contributed by atoms with Gasteiger partial charge in [0.15, 0.2) is 5.78 Å². The summed E-state index contributed by atoms with van der Waals surface area (Å²) in [5.41, 5.74) is 1.87. The van der Waals surface area contributed by atoms with E-state index in [2.05, 4.69) is 10.3 Å². The van der Waals surface area contributed by atoms with Crippen molar-refractivity contribution >= 4 is 23.0 Å². The molecule has 2 aromatic rings. The van der Waals surface area contributed by atoms with Crippen LogP contribution in [0, 0.1) is 5.92 Å². The first-order valence-electron chi connectivity index (χ1n) is 8.99. The fraction of sp³-hybridized carbons (Fsp3) is 0.450. The van der Waals surface area contributed by atoms with Crippen molar-refractivity contribution in [2.75, 3.05) is 6.54 Å². The molecule has 1 aliphatic carbocycles. The molecule has 1 amide bonds. The zero-order chi connectivity index (χ0) is 17.6. The molecule has 0 aliphatic heterocycles. The lowest BCUT2D eigenvalue weighted by Crippen LogP contribution is -2.26. The predicted molar refractivity (Wildman–Crippen MR) is 101 cm³/mol. The number of rotatable bonds is 6. The molecule has 0 bridgehead atoms. The molecule has 0 radical (unpaired) electrons. The van der Waals surface area contributed by atoms with E-state index >= 15 is 0 Å². The van der Waals surface area contributed by atoms with Gasteiger partial charge in [-0.3, -0.25) is 9.59 Å². The molecule has 0 spiro atoms. The first-order chi connectivity index (χ1) is 12.1. The Bertz CT molecular complexity index is 748. The van der Waals surface area contributed by atoms with Gasteiger partial charge in [0.2, 0.25) is 0 Å². The van der Waals surface area contributed by atoms with Crippen molar-refractivity contribution in [1.29, 1.82) is 0 Å². The van der Waals surface area contributed by atoms with Crippen LogP contribution >= 0.6 is 11.3 Å². The van der Waals surface area contributed by atoms with Gasteiger partial charge in [-0.15, -0.1) is 11.3 Å². The quantitative estimate of drug-likeness (QED) is 0.762. The average Bonchev–Trinajstić information content (AvgIpc) is 3.12. The summed E-state index contributed by atoms with van der Waals surface area (Å²) in [7, 11) is 0. The summed E-state index contributed by atoms with van der Waals surface area (Å²) < 4.78 is 0. The molecule has 4 nitrogen and oxygen atoms in total. The third-order valence-corrected chi connectivity index (χ3v) is 5.71. The lowest BCUT2D eigenvalue weighted by Gasteiger charge is -2.21. The maximum Gasteiger partial charge on any atom is 0.270 e. The van der Waals surface area contributed by atoms with Crippen LogP contribution in [0.3, 0.4) is 0 Å². The fourth-order valence-electron chi connectivity index (χ4n) is 3.43. The number of ketones is 1. The minimum absolute atomic E-state index is 0.00397. The van der Waals surface area contributed by atoms with Gasteiger partial charge in [-0.2, -0.15) is 0 Å². The van der Waals surface area contributed by atoms with Crippen LogP contribution in [0.4, 0.5) is 0 Å². The molecule has 3 rings (SSSR count). The summed E-state index contributed by atoms with van der Waals surface area (Å²) in [6, 6.07) is 7.39. The van der Waals surface area contributed by atoms with Gasteiger partial charge in [-0.1, -0.05) is 56.4 Å². The number of Topliss-reactive ketones (excluding diaryl/α,β-unsaturated/α-hetero) is 1. The maximum atomic E-state index is 12.3. The smallest absolute Gasteiger partial charge is 0.270 e. The van der Waals surface area contributed by atoms with E-state index < -0.39 is 0 Å². The number of hydrogen-bond acceptors (Lipinski definition) is 4. The number of nitrogens with one attached hydrogen (secondary N) is 1. The molecular weight excluding hydrogens is 332 g/mol. The molecule has 0 saturated heterocycles. The summed E-state index contributed by atoms with van der Waals surface area (Å²) in [6.45, 7) is 2.26. The SMILES string of the molecule is CC(=O)c1ccccc1-c1nc(C(=O)NCCC2CCCCC2)cs1. The van der Waals surface area contributed by atoms with Gasteiger partial charge < -0.3 is 5.32 Å². The summed E-state index contributed by atoms with van der Waals surface area (Å²) in [5, 5.41) is 5.46. The number of carbonyl (C=O) groups is 2. The molecule has 0 unspecified atom stereocenters. The van der Waals surface area contributed by atoms with Crippen molar-refractivity contribution < 1.29 is 9.59 Å². The van der Waals surface area contributed by atoms with E-state index in [0.717, 1.165) is 17.9 Å². The van der Waals surface area contributed by atoms with Crippen LogP contribution in [-0.2, 0) is 0 Å². The lowest BCUT2D eigenvalue weighted by molar-refractivity contribution is 0.0945. The molecule has 1 heterocycles. The van der Waals surface area contributed by atoms with Crippen LogP contribution in [-0.4, -0.2) is 23.2 Å². The molecular formula is C20H24N2O2S. The van der Waals surface area contributed by atoms with Crippen LogP contribution in [0.15, 0.2) is 29.6 Å². The number of nitrogens with zero attached hydrogens (tertiary/aromatic N) is 1. The van der Waals surface area contributed by atoms with E-state index in [9.17, 15) is 9.59 Å². The van der Waals surface area contributed by atoms with E-state index in [1.807, 2.05) is 18.2 Å². The Morgan fingerprint density at radius 1 is 1.20 bits per heavy atom. The van der Waals surface area contributed by atoms with Crippen molar-refractivity contribution in [3.05, 3.63) is 40.9 Å². The van der Waals surface area contributed by atoms with E-state index in [1.165, 1.54) is 43.4 Å². The van der Waals surface area contributed by atoms with Crippen LogP contribution in [0.1, 0.15) is 66.3 Å². The Hall–Kier alpha value is -2.01. The van der Waals surface area contributed by atoms with Crippen LogP contribution in [0.25, 0.3) is 10.6 Å². The largest absolute Gasteiger partial charge is 0.351 e. The van der Waals surface area contributed by atoms with Crippen LogP contribution in [0.5, 0.6) is 0 Å². The van der Waals surface area contributed by atoms with Crippen molar-refractivity contribution in [3.8, 4) is 10.6 Å². The number of aromatic nitrogens is 1. The molecule has 5 heteroatoms. The summed E-state index contributed by atoms with van der Waals surface area (Å²) in [5.74, 6) is 0.630. The third-order valence-electron chi connectivity index (χ3n) is 4.84. The van der Waals surface area contributed by atoms with Gasteiger partial charge in [0.25, 0.3) is 5.91 Å². The number of thiazole rings is 1. The monoisotopic (exact) mass is 356 g/mol. The van der Waals surface area contributed by atoms with Gasteiger partial charge >= 0.3 is 0 Å². The predicted octanol–water partition coefficient (Wildman–Crippen LogP) is 4.71. The zero-order valence-electron chi connectivity index (χ0n) is 14.6. The van der Waals surface area contributed by atoms with Gasteiger partial charge in [-0.25, -0.2) is 4.98 Å². The molecule has 1 saturated carbocycles. The number of carbonyl (C=O) groups excluding carboxylic acids is 2. The first kappa shape index (κ1) is 17.8. The molecule has 1 aromatic carbocycles. The van der Waals surface area contributed by atoms with Crippen molar-refractivity contribution in [2.45, 2.75) is 45.4 Å². The van der Waals surface area contributed by atoms with E-state index in [0.29, 0.717) is 22.8 Å². The van der Waals surface area contributed by atoms with Crippen molar-refractivity contribution in [1.82, 2.24) is 10.3 Å². The van der Waals surface area contributed by atoms with Crippen molar-refractivity contribution in [2.24, 2.45) is 5.92 Å². The maximum absolute atomic E-state index is 12.3. The van der Waals surface area contributed by atoms with Crippen LogP contribution in [0.2, 0.25) is 0 Å². The van der Waals surface area contributed by atoms with Gasteiger partial charge in [-0.05, 0) is 19.3 Å². The highest BCUT2D eigenvalue weighted by molar-refractivity contribution is 7.13. The molecule has 1 aliphatic rings. The van der Waals surface area contributed by atoms with Gasteiger partial charge in [0.1, 0.15) is 10.7 Å². The Morgan fingerprint density at radius 2 is 1.96 bits per heavy atom. The standard InChI is InChI=1S/C20H24N2O2S/c1-14(23)16-9-5-6-10-17(16)20-22-18(13-25-20)19(24)21-12-11-15-7-3-2-4-8-15/h5-6,9-10,13,15H,2-4,7-8,11-12H2,1H3,(H,21,24). The molecule has 1 N–H and O–H groups in total. The summed E-state index contributed by atoms with van der Waals surface area (Å²) in [6.07, 6.45) is 7.63. The fourth-order valence-corrected chi connectivity index (χ4v) is 4.27. The van der Waals surface area contributed by atoms with Crippen molar-refractivity contribution in [3.63, 3.8) is 0 Å². The molecule has 1 fully saturated rings. The Labute approximate surface area is 152 Å². The minimum atomic E-state index is -0.126. The highest BCUT2D eigenvalue weighted by atomic mass is 32.1. The first-order valence-corrected chi connectivity index (χ1v) is 9.87. The second kappa shape index (κ2) is 8.39. The van der Waals surface area contributed by atoms with E-state index in [-0.39, 0.29) is 11.7 Å². The van der Waals surface area contributed by atoms with Gasteiger partial charge in [0.05, 0.1) is 0 Å². The topological polar surface area (TPSA) is 59.1 Å². The number of amides is 1. The van der Waals surface area contributed by atoms with Gasteiger partial charge in [0, 0.05) is 23.1 Å². The van der Waals surface area contributed by atoms with E-state index in [1.54, 1.807) is 18.4 Å². The second-order valence-electron chi connectivity index (χ2n) is 6.69.